The number of pyridine rings is 1. The molecule has 1 aliphatic carbocycles. The molecule has 3 aliphatic rings. The molecule has 0 unspecified atom stereocenters. The van der Waals surface area contributed by atoms with E-state index in [1.54, 1.807) is 17.1 Å². The second kappa shape index (κ2) is 12.9. The minimum atomic E-state index is -0.450. The number of ether oxygens (including phenoxy) is 1. The molecular weight excluding hydrogens is 655 g/mol. The summed E-state index contributed by atoms with van der Waals surface area (Å²) in [4.78, 5) is 37.0. The number of piperazine rings is 1. The van der Waals surface area contributed by atoms with Crippen LogP contribution in [-0.4, -0.2) is 92.5 Å². The summed E-state index contributed by atoms with van der Waals surface area (Å²) in [5.41, 5.74) is 3.95. The Morgan fingerprint density at radius 1 is 1.07 bits per heavy atom. The highest BCUT2D eigenvalue weighted by molar-refractivity contribution is 9.10. The second-order valence-electron chi connectivity index (χ2n) is 12.2. The second-order valence-corrected chi connectivity index (χ2v) is 13.0. The molecule has 2 aliphatic heterocycles. The summed E-state index contributed by atoms with van der Waals surface area (Å²) in [7, 11) is 1.50. The number of hydrogen-bond acceptors (Lipinski definition) is 7. The quantitative estimate of drug-likeness (QED) is 0.253. The predicted molar refractivity (Wildman–Crippen MR) is 175 cm³/mol. The molecule has 0 spiro atoms. The number of nitrogens with zero attached hydrogens (tertiary/aromatic N) is 8. The maximum absolute atomic E-state index is 13.8. The minimum absolute atomic E-state index is 0.0289. The normalized spacial score (nSPS) is 17.0. The number of carbonyl (C=O) groups is 2. The summed E-state index contributed by atoms with van der Waals surface area (Å²) in [6.07, 6.45) is 10.4. The van der Waals surface area contributed by atoms with E-state index in [9.17, 15) is 14.0 Å². The van der Waals surface area contributed by atoms with E-state index in [2.05, 4.69) is 47.9 Å². The molecule has 1 saturated heterocycles. The van der Waals surface area contributed by atoms with Gasteiger partial charge in [-0.05, 0) is 64.9 Å². The van der Waals surface area contributed by atoms with Gasteiger partial charge in [0.05, 0.1) is 31.6 Å². The largest absolute Gasteiger partial charge is 0.493 e. The van der Waals surface area contributed by atoms with Gasteiger partial charge in [-0.3, -0.25) is 14.3 Å². The van der Waals surface area contributed by atoms with Gasteiger partial charge in [-0.1, -0.05) is 11.3 Å². The van der Waals surface area contributed by atoms with Crippen LogP contribution in [0.15, 0.2) is 53.4 Å². The number of aryl methyl sites for hydroxylation is 1. The molecule has 4 aromatic rings. The van der Waals surface area contributed by atoms with Crippen LogP contribution in [0.3, 0.4) is 0 Å². The van der Waals surface area contributed by atoms with E-state index in [4.69, 9.17) is 4.74 Å². The van der Waals surface area contributed by atoms with Gasteiger partial charge in [0.25, 0.3) is 5.91 Å². The molecule has 11 nitrogen and oxygen atoms in total. The zero-order chi connectivity index (χ0) is 31.8. The van der Waals surface area contributed by atoms with Crippen LogP contribution in [-0.2, 0) is 17.9 Å². The lowest BCUT2D eigenvalue weighted by molar-refractivity contribution is -0.131. The minimum Gasteiger partial charge on any atom is -0.493 e. The number of hydrogen-bond donors (Lipinski definition) is 0. The van der Waals surface area contributed by atoms with Gasteiger partial charge in [-0.15, -0.1) is 5.10 Å². The third-order valence-electron chi connectivity index (χ3n) is 9.08. The van der Waals surface area contributed by atoms with Crippen LogP contribution < -0.4 is 9.64 Å². The molecule has 2 amide bonds. The number of fused-ring (bicyclic) bond motifs is 1. The summed E-state index contributed by atoms with van der Waals surface area (Å²) < 4.78 is 24.0. The average molecular weight is 692 g/mol. The van der Waals surface area contributed by atoms with E-state index in [1.807, 2.05) is 26.8 Å². The van der Waals surface area contributed by atoms with Gasteiger partial charge in [0.2, 0.25) is 5.91 Å². The van der Waals surface area contributed by atoms with Gasteiger partial charge in [-0.2, -0.15) is 0 Å². The molecule has 46 heavy (non-hydrogen) atoms. The van der Waals surface area contributed by atoms with Crippen molar-refractivity contribution in [3.8, 4) is 5.75 Å². The summed E-state index contributed by atoms with van der Waals surface area (Å²) in [6.45, 7) is 4.82. The lowest BCUT2D eigenvalue weighted by Crippen LogP contribution is -2.49. The summed E-state index contributed by atoms with van der Waals surface area (Å²) in [6, 6.07) is 7.44. The zero-order valence-corrected chi connectivity index (χ0v) is 27.3. The molecule has 7 rings (SSSR count). The van der Waals surface area contributed by atoms with Gasteiger partial charge in [0.15, 0.2) is 11.6 Å². The highest BCUT2D eigenvalue weighted by Crippen LogP contribution is 2.38. The van der Waals surface area contributed by atoms with Gasteiger partial charge in [0.1, 0.15) is 5.82 Å². The van der Waals surface area contributed by atoms with E-state index in [0.29, 0.717) is 75.3 Å². The van der Waals surface area contributed by atoms with Gasteiger partial charge < -0.3 is 24.0 Å². The van der Waals surface area contributed by atoms with E-state index in [-0.39, 0.29) is 11.8 Å². The van der Waals surface area contributed by atoms with Crippen molar-refractivity contribution in [3.05, 3.63) is 70.5 Å². The molecule has 1 aromatic carbocycles. The van der Waals surface area contributed by atoms with Crippen molar-refractivity contribution in [2.24, 2.45) is 5.92 Å². The van der Waals surface area contributed by atoms with Gasteiger partial charge in [0, 0.05) is 85.6 Å². The Balaban J connectivity index is 1.10. The first-order chi connectivity index (χ1) is 22.4. The fourth-order valence-electron chi connectivity index (χ4n) is 6.47. The number of amides is 2. The number of aromatic nitrogens is 5. The van der Waals surface area contributed by atoms with Crippen molar-refractivity contribution in [2.75, 3.05) is 51.3 Å². The highest BCUT2D eigenvalue weighted by atomic mass is 79.9. The van der Waals surface area contributed by atoms with Gasteiger partial charge in [-0.25, -0.2) is 9.37 Å². The molecule has 0 atom stereocenters. The number of rotatable bonds is 9. The Labute approximate surface area is 274 Å². The van der Waals surface area contributed by atoms with Crippen LogP contribution in [0.25, 0.3) is 16.5 Å². The van der Waals surface area contributed by atoms with Crippen LogP contribution in [0, 0.1) is 11.7 Å². The maximum atomic E-state index is 13.8. The van der Waals surface area contributed by atoms with Crippen molar-refractivity contribution >= 4 is 50.0 Å². The van der Waals surface area contributed by atoms with Crippen molar-refractivity contribution in [1.82, 2.24) is 34.3 Å². The fourth-order valence-corrected chi connectivity index (χ4v) is 7.16. The first-order valence-corrected chi connectivity index (χ1v) is 16.5. The molecular formula is C33H36BrFN8O3. The third-order valence-corrected chi connectivity index (χ3v) is 9.68. The van der Waals surface area contributed by atoms with Crippen molar-refractivity contribution in [2.45, 2.75) is 38.8 Å². The standard InChI is InChI=1S/C33H36BrFN8O3/c1-46-29-18-26(35)19-36-32(29)39-11-13-40(14-12-39)33(45)25-15-24-17-28(43(20-22-4-5-22)31(24)27(34)16-25)23-3-2-8-41(21-23)30(44)6-9-42-10-7-37-38-42/h3,7,10,15-19,22H,2,4-6,8-9,11-14,20-21H2,1H3. The Morgan fingerprint density at radius 2 is 1.89 bits per heavy atom. The smallest absolute Gasteiger partial charge is 0.254 e. The van der Waals surface area contributed by atoms with Crippen LogP contribution in [0.5, 0.6) is 5.75 Å². The predicted octanol–water partition coefficient (Wildman–Crippen LogP) is 4.62. The average Bonchev–Trinajstić information content (AvgIpc) is 3.59. The Bertz CT molecular complexity index is 1790. The van der Waals surface area contributed by atoms with Gasteiger partial charge >= 0.3 is 0 Å². The molecule has 0 N–H and O–H groups in total. The Kier molecular flexibility index (Phi) is 8.50. The van der Waals surface area contributed by atoms with Crippen LogP contribution in [0.2, 0.25) is 0 Å². The lowest BCUT2D eigenvalue weighted by Gasteiger charge is -2.36. The molecule has 13 heteroatoms. The monoisotopic (exact) mass is 690 g/mol. The molecule has 0 radical (unpaired) electrons. The zero-order valence-electron chi connectivity index (χ0n) is 25.7. The Hall–Kier alpha value is -4.26. The van der Waals surface area contributed by atoms with Crippen LogP contribution in [0.4, 0.5) is 10.2 Å². The lowest BCUT2D eigenvalue weighted by atomic mass is 10.1. The number of anilines is 1. The van der Waals surface area contributed by atoms with E-state index in [1.165, 1.54) is 32.2 Å². The van der Waals surface area contributed by atoms with Crippen molar-refractivity contribution < 1.29 is 18.7 Å². The molecule has 1 saturated carbocycles. The summed E-state index contributed by atoms with van der Waals surface area (Å²) in [5, 5.41) is 8.81. The van der Waals surface area contributed by atoms with E-state index in [0.717, 1.165) is 39.6 Å². The molecule has 3 aromatic heterocycles. The molecule has 240 valence electrons. The topological polar surface area (TPSA) is 102 Å². The SMILES string of the molecule is COc1cc(F)cnc1N1CCN(C(=O)c2cc(Br)c3c(c2)cc(C2=CCCN(C(=O)CCn4ccnn4)C2)n3CC2CC2)CC1. The maximum Gasteiger partial charge on any atom is 0.254 e. The van der Waals surface area contributed by atoms with Crippen LogP contribution >= 0.6 is 15.9 Å². The molecule has 5 heterocycles. The summed E-state index contributed by atoms with van der Waals surface area (Å²) in [5.74, 6) is 1.23. The fraction of sp³-hybridized carbons (Fsp3) is 0.424. The highest BCUT2D eigenvalue weighted by Gasteiger charge is 2.29. The first-order valence-electron chi connectivity index (χ1n) is 15.8. The number of benzene rings is 1. The first kappa shape index (κ1) is 30.4. The van der Waals surface area contributed by atoms with Crippen LogP contribution in [0.1, 0.15) is 41.7 Å². The van der Waals surface area contributed by atoms with Crippen molar-refractivity contribution in [1.29, 1.82) is 0 Å². The number of carbonyl (C=O) groups excluding carboxylic acids is 2. The third kappa shape index (κ3) is 6.24. The van der Waals surface area contributed by atoms with E-state index >= 15 is 0 Å². The molecule has 0 bridgehead atoms. The van der Waals surface area contributed by atoms with E-state index < -0.39 is 5.82 Å². The number of methoxy groups -OCH3 is 1. The molecule has 2 fully saturated rings. The summed E-state index contributed by atoms with van der Waals surface area (Å²) >= 11 is 3.82. The Morgan fingerprint density at radius 3 is 2.63 bits per heavy atom. The van der Waals surface area contributed by atoms with Crippen molar-refractivity contribution in [3.63, 3.8) is 0 Å². The number of halogens is 2.